The third-order valence-electron chi connectivity index (χ3n) is 11.4. The molecule has 0 amide bonds. The third kappa shape index (κ3) is 4.93. The average Bonchev–Trinajstić information content (AvgIpc) is 3.81. The maximum absolute atomic E-state index is 3.78. The van der Waals surface area contributed by atoms with Crippen LogP contribution in [0.1, 0.15) is 26.3 Å². The molecule has 3 heterocycles. The zero-order chi connectivity index (χ0) is 36.2. The van der Waals surface area contributed by atoms with Crippen LogP contribution in [0.5, 0.6) is 0 Å². The number of aromatic nitrogens is 3. The lowest BCUT2D eigenvalue weighted by molar-refractivity contribution is 0.591. The van der Waals surface area contributed by atoms with Crippen molar-refractivity contribution in [3.63, 3.8) is 0 Å². The molecule has 0 fully saturated rings. The Hall–Kier alpha value is -5.84. The molecule has 3 nitrogen and oxygen atoms in total. The van der Waals surface area contributed by atoms with Gasteiger partial charge in [-0.1, -0.05) is 124 Å². The van der Waals surface area contributed by atoms with Crippen LogP contribution in [0.2, 0.25) is 19.6 Å². The van der Waals surface area contributed by atoms with Gasteiger partial charge >= 0.3 is 0 Å². The van der Waals surface area contributed by atoms with E-state index in [1.54, 1.807) is 0 Å². The lowest BCUT2D eigenvalue weighted by atomic mass is 9.86. The van der Waals surface area contributed by atoms with Crippen molar-refractivity contribution in [2.45, 2.75) is 45.8 Å². The summed E-state index contributed by atoms with van der Waals surface area (Å²) in [5.41, 5.74) is 13.4. The van der Waals surface area contributed by atoms with E-state index in [9.17, 15) is 0 Å². The molecule has 1 N–H and O–H groups in total. The van der Waals surface area contributed by atoms with Crippen LogP contribution in [0.4, 0.5) is 0 Å². The number of aromatic amines is 1. The normalized spacial score (nSPS) is 12.7. The first-order valence-electron chi connectivity index (χ1n) is 18.8. The molecule has 0 radical (unpaired) electrons. The summed E-state index contributed by atoms with van der Waals surface area (Å²) in [6.45, 7) is 14.2. The Balaban J connectivity index is 1.23. The molecule has 0 aliphatic carbocycles. The Labute approximate surface area is 311 Å². The molecule has 4 heteroatoms. The van der Waals surface area contributed by atoms with E-state index in [0.717, 1.165) is 11.0 Å². The van der Waals surface area contributed by atoms with Crippen LogP contribution in [0.25, 0.3) is 87.9 Å². The van der Waals surface area contributed by atoms with Gasteiger partial charge in [-0.3, -0.25) is 0 Å². The molecule has 0 saturated carbocycles. The molecule has 0 atom stereocenters. The highest BCUT2D eigenvalue weighted by molar-refractivity contribution is 6.88. The number of fused-ring (bicyclic) bond motifs is 9. The van der Waals surface area contributed by atoms with Crippen LogP contribution < -0.4 is 5.19 Å². The number of hydrogen-bond acceptors (Lipinski definition) is 0. The Morgan fingerprint density at radius 3 is 1.72 bits per heavy atom. The smallest absolute Gasteiger partial charge is 0.0776 e. The van der Waals surface area contributed by atoms with Gasteiger partial charge < -0.3 is 14.1 Å². The van der Waals surface area contributed by atoms with Crippen LogP contribution >= 0.6 is 0 Å². The summed E-state index contributed by atoms with van der Waals surface area (Å²) < 4.78 is 4.89. The number of nitrogens with one attached hydrogen (secondary N) is 1. The van der Waals surface area contributed by atoms with Gasteiger partial charge in [0.1, 0.15) is 0 Å². The molecule has 0 saturated heterocycles. The molecule has 53 heavy (non-hydrogen) atoms. The van der Waals surface area contributed by atoms with Gasteiger partial charge in [0.2, 0.25) is 0 Å². The van der Waals surface area contributed by atoms with Gasteiger partial charge in [0.05, 0.1) is 41.3 Å². The number of hydrogen-bond donors (Lipinski definition) is 1. The van der Waals surface area contributed by atoms with E-state index in [4.69, 9.17) is 0 Å². The van der Waals surface area contributed by atoms with Crippen LogP contribution in [0, 0.1) is 0 Å². The zero-order valence-corrected chi connectivity index (χ0v) is 32.3. The van der Waals surface area contributed by atoms with Gasteiger partial charge in [0.15, 0.2) is 0 Å². The Kier molecular flexibility index (Phi) is 6.81. The van der Waals surface area contributed by atoms with E-state index in [1.807, 2.05) is 0 Å². The quantitative estimate of drug-likeness (QED) is 0.177. The molecule has 0 aliphatic heterocycles. The van der Waals surface area contributed by atoms with Crippen molar-refractivity contribution in [1.82, 2.24) is 14.1 Å². The fourth-order valence-corrected chi connectivity index (χ4v) is 9.66. The minimum atomic E-state index is -1.53. The van der Waals surface area contributed by atoms with Crippen molar-refractivity contribution in [1.29, 1.82) is 0 Å². The summed E-state index contributed by atoms with van der Waals surface area (Å²) in [4.78, 5) is 3.78. The molecule has 0 unspecified atom stereocenters. The highest BCUT2D eigenvalue weighted by atomic mass is 28.3. The second-order valence-corrected chi connectivity index (χ2v) is 21.9. The predicted molar refractivity (Wildman–Crippen MR) is 232 cm³/mol. The fraction of sp³-hybridized carbons (Fsp3) is 0.143. The van der Waals surface area contributed by atoms with Gasteiger partial charge in [-0.25, -0.2) is 0 Å². The second kappa shape index (κ2) is 11.3. The number of benzene rings is 7. The SMILES string of the molecule is CC(C)(C)c1ccc2c(c1)c1cc(-c3ccc4c(c3)c3cc([Si](C)(C)C)ccc3n4-c3ccccc3)ccc1n2-c1cccc2c1[nH]c1ccccc12. The summed E-state index contributed by atoms with van der Waals surface area (Å²) in [6, 6.07) is 54.5. The Morgan fingerprint density at radius 2 is 1.04 bits per heavy atom. The van der Waals surface area contributed by atoms with E-state index in [-0.39, 0.29) is 5.41 Å². The molecular formula is C49H43N3Si. The predicted octanol–water partition coefficient (Wildman–Crippen LogP) is 13.0. The van der Waals surface area contributed by atoms with Crippen LogP contribution in [0.3, 0.4) is 0 Å². The summed E-state index contributed by atoms with van der Waals surface area (Å²) in [7, 11) is -1.53. The van der Waals surface area contributed by atoms with E-state index in [0.29, 0.717) is 0 Å². The molecule has 0 bridgehead atoms. The van der Waals surface area contributed by atoms with E-state index < -0.39 is 8.07 Å². The second-order valence-electron chi connectivity index (χ2n) is 16.8. The lowest BCUT2D eigenvalue weighted by Gasteiger charge is -2.19. The third-order valence-corrected chi connectivity index (χ3v) is 13.4. The molecular weight excluding hydrogens is 659 g/mol. The largest absolute Gasteiger partial charge is 0.353 e. The van der Waals surface area contributed by atoms with Crippen molar-refractivity contribution in [2.24, 2.45) is 0 Å². The Morgan fingerprint density at radius 1 is 0.472 bits per heavy atom. The molecule has 3 aromatic heterocycles. The monoisotopic (exact) mass is 701 g/mol. The molecule has 0 aliphatic rings. The van der Waals surface area contributed by atoms with Gasteiger partial charge in [0, 0.05) is 43.5 Å². The minimum Gasteiger partial charge on any atom is -0.353 e. The standard InChI is InChI=1S/C49H43N3Si/c1-49(2,3)33-21-25-46-40(29-33)38-27-32(20-24-45(38)52(46)47-18-12-16-37-36-15-10-11-17-42(36)50-48(37)47)31-19-23-43-39(28-31)41-30-35(53(4,5)6)22-26-44(41)51(43)34-13-8-7-9-14-34/h7-30,50H,1-6H3. The Bertz CT molecular complexity index is 3070. The first kappa shape index (κ1) is 31.9. The van der Waals surface area contributed by atoms with E-state index in [1.165, 1.54) is 87.6 Å². The van der Waals surface area contributed by atoms with Crippen molar-refractivity contribution >= 4 is 78.7 Å². The summed E-state index contributed by atoms with van der Waals surface area (Å²) in [5, 5.41) is 9.15. The highest BCUT2D eigenvalue weighted by Gasteiger charge is 2.22. The molecule has 10 rings (SSSR count). The number of H-pyrrole nitrogens is 1. The van der Waals surface area contributed by atoms with E-state index >= 15 is 0 Å². The minimum absolute atomic E-state index is 0.0319. The van der Waals surface area contributed by atoms with Crippen LogP contribution in [-0.4, -0.2) is 22.2 Å². The molecule has 7 aromatic carbocycles. The van der Waals surface area contributed by atoms with Crippen LogP contribution in [-0.2, 0) is 5.41 Å². The molecule has 10 aromatic rings. The summed E-state index contributed by atoms with van der Waals surface area (Å²) in [5.74, 6) is 0. The van der Waals surface area contributed by atoms with Gasteiger partial charge in [0.25, 0.3) is 0 Å². The van der Waals surface area contributed by atoms with Gasteiger partial charge in [-0.05, 0) is 88.8 Å². The number of rotatable bonds is 4. The highest BCUT2D eigenvalue weighted by Crippen LogP contribution is 2.41. The maximum Gasteiger partial charge on any atom is 0.0776 e. The fourth-order valence-electron chi connectivity index (χ4n) is 8.50. The van der Waals surface area contributed by atoms with E-state index in [2.05, 4.69) is 200 Å². The first-order chi connectivity index (χ1) is 25.5. The number of nitrogens with zero attached hydrogens (tertiary/aromatic N) is 2. The van der Waals surface area contributed by atoms with Gasteiger partial charge in [-0.15, -0.1) is 0 Å². The maximum atomic E-state index is 3.78. The van der Waals surface area contributed by atoms with Gasteiger partial charge in [-0.2, -0.15) is 0 Å². The molecule has 0 spiro atoms. The number of para-hydroxylation sites is 3. The average molecular weight is 702 g/mol. The van der Waals surface area contributed by atoms with Crippen molar-refractivity contribution in [3.8, 4) is 22.5 Å². The summed E-state index contributed by atoms with van der Waals surface area (Å²) in [6.07, 6.45) is 0. The molecule has 258 valence electrons. The van der Waals surface area contributed by atoms with Crippen LogP contribution in [0.15, 0.2) is 146 Å². The topological polar surface area (TPSA) is 25.6 Å². The van der Waals surface area contributed by atoms with Crippen molar-refractivity contribution in [3.05, 3.63) is 151 Å². The zero-order valence-electron chi connectivity index (χ0n) is 31.3. The first-order valence-corrected chi connectivity index (χ1v) is 22.3. The summed E-state index contributed by atoms with van der Waals surface area (Å²) >= 11 is 0. The van der Waals surface area contributed by atoms with Crippen molar-refractivity contribution in [2.75, 3.05) is 0 Å². The van der Waals surface area contributed by atoms with Crippen molar-refractivity contribution < 1.29 is 0 Å². The lowest BCUT2D eigenvalue weighted by Crippen LogP contribution is -2.37.